The zero-order valence-corrected chi connectivity index (χ0v) is 10.6. The Hall–Kier alpha value is -0.270. The Morgan fingerprint density at radius 1 is 1.54 bits per heavy atom. The van der Waals surface area contributed by atoms with E-state index in [1.54, 1.807) is 13.2 Å². The van der Waals surface area contributed by atoms with Crippen molar-refractivity contribution in [3.63, 3.8) is 0 Å². The lowest BCUT2D eigenvalue weighted by Gasteiger charge is -2.06. The van der Waals surface area contributed by atoms with Crippen LogP contribution in [0, 0.1) is 0 Å². The third-order valence-corrected chi connectivity index (χ3v) is 2.40. The van der Waals surface area contributed by atoms with Gasteiger partial charge in [-0.3, -0.25) is 0 Å². The number of thiocarbonyl (C=S) groups is 1. The highest BCUT2D eigenvalue weighted by Crippen LogP contribution is 2.18. The molecule has 0 fully saturated rings. The molecule has 7 heteroatoms. The monoisotopic (exact) mass is 324 g/mol. The van der Waals surface area contributed by atoms with Crippen LogP contribution in [0.5, 0.6) is 0 Å². The van der Waals surface area contributed by atoms with Gasteiger partial charge in [-0.2, -0.15) is 0 Å². The Labute approximate surface area is 97.8 Å². The van der Waals surface area contributed by atoms with Gasteiger partial charge in [0.1, 0.15) is 9.21 Å². The maximum absolute atomic E-state index is 4.91. The second-order valence-electron chi connectivity index (χ2n) is 2.04. The summed E-state index contributed by atoms with van der Waals surface area (Å²) in [5.41, 5.74) is 0. The third-order valence-electron chi connectivity index (χ3n) is 1.16. The van der Waals surface area contributed by atoms with Gasteiger partial charge in [0.2, 0.25) is 0 Å². The van der Waals surface area contributed by atoms with Crippen molar-refractivity contribution in [1.82, 2.24) is 15.3 Å². The Balaban J connectivity index is 2.83. The van der Waals surface area contributed by atoms with Gasteiger partial charge in [0.25, 0.3) is 0 Å². The molecule has 0 aliphatic carbocycles. The molecule has 0 aliphatic heterocycles. The summed E-state index contributed by atoms with van der Waals surface area (Å²) in [5, 5.41) is 6.14. The predicted octanol–water partition coefficient (Wildman–Crippen LogP) is 1.92. The molecule has 0 aromatic carbocycles. The van der Waals surface area contributed by atoms with E-state index >= 15 is 0 Å². The van der Waals surface area contributed by atoms with E-state index in [-0.39, 0.29) is 0 Å². The molecule has 0 spiro atoms. The molecule has 0 amide bonds. The first-order chi connectivity index (χ1) is 6.13. The van der Waals surface area contributed by atoms with E-state index < -0.39 is 0 Å². The average Bonchev–Trinajstić information content (AvgIpc) is 2.09. The predicted molar refractivity (Wildman–Crippen MR) is 62.7 cm³/mol. The lowest BCUT2D eigenvalue weighted by atomic mass is 10.6. The minimum atomic E-state index is 0.498. The van der Waals surface area contributed by atoms with Crippen molar-refractivity contribution in [2.45, 2.75) is 0 Å². The molecule has 0 unspecified atom stereocenters. The van der Waals surface area contributed by atoms with Crippen LogP contribution in [-0.2, 0) is 0 Å². The molecule has 1 heterocycles. The fraction of sp³-hybridized carbons (Fsp3) is 0.167. The van der Waals surface area contributed by atoms with Crippen LogP contribution >= 0.6 is 44.1 Å². The smallest absolute Gasteiger partial charge is 0.171 e. The fourth-order valence-electron chi connectivity index (χ4n) is 0.601. The van der Waals surface area contributed by atoms with Crippen molar-refractivity contribution in [2.24, 2.45) is 0 Å². The summed E-state index contributed by atoms with van der Waals surface area (Å²) < 4.78 is 1.28. The number of nitrogens with one attached hydrogen (secondary N) is 2. The highest BCUT2D eigenvalue weighted by Gasteiger charge is 2.04. The molecule has 1 aromatic heterocycles. The van der Waals surface area contributed by atoms with Gasteiger partial charge in [-0.25, -0.2) is 9.97 Å². The van der Waals surface area contributed by atoms with E-state index in [0.717, 1.165) is 0 Å². The van der Waals surface area contributed by atoms with E-state index in [0.29, 0.717) is 20.1 Å². The lowest BCUT2D eigenvalue weighted by Crippen LogP contribution is -2.25. The zero-order valence-electron chi connectivity index (χ0n) is 6.64. The number of nitrogens with zero attached hydrogens (tertiary/aromatic N) is 2. The molecule has 4 nitrogen and oxygen atoms in total. The van der Waals surface area contributed by atoms with Crippen LogP contribution in [0.15, 0.2) is 15.4 Å². The third kappa shape index (κ3) is 3.17. The van der Waals surface area contributed by atoms with Crippen LogP contribution < -0.4 is 10.6 Å². The van der Waals surface area contributed by atoms with Gasteiger partial charge < -0.3 is 10.6 Å². The van der Waals surface area contributed by atoms with Crippen molar-refractivity contribution in [3.05, 3.63) is 15.4 Å². The van der Waals surface area contributed by atoms with Gasteiger partial charge >= 0.3 is 0 Å². The summed E-state index contributed by atoms with van der Waals surface area (Å²) in [7, 11) is 1.73. The summed E-state index contributed by atoms with van der Waals surface area (Å²) in [6.45, 7) is 0. The molecule has 0 aliphatic rings. The quantitative estimate of drug-likeness (QED) is 0.773. The van der Waals surface area contributed by atoms with Crippen LogP contribution in [-0.4, -0.2) is 22.1 Å². The van der Waals surface area contributed by atoms with E-state index in [2.05, 4.69) is 52.5 Å². The number of aromatic nitrogens is 2. The number of rotatable bonds is 1. The summed E-state index contributed by atoms with van der Waals surface area (Å²) in [6.07, 6.45) is 1.59. The molecule has 70 valence electrons. The lowest BCUT2D eigenvalue weighted by molar-refractivity contribution is 1.12. The van der Waals surface area contributed by atoms with Crippen LogP contribution in [0.1, 0.15) is 0 Å². The largest absolute Gasteiger partial charge is 0.365 e. The SMILES string of the molecule is CNC(=S)Nc1ncc(Br)nc1Br. The highest BCUT2D eigenvalue weighted by molar-refractivity contribution is 9.11. The maximum atomic E-state index is 4.91. The number of anilines is 1. The van der Waals surface area contributed by atoms with Crippen molar-refractivity contribution < 1.29 is 0 Å². The first kappa shape index (κ1) is 10.8. The number of hydrogen-bond acceptors (Lipinski definition) is 3. The summed E-state index contributed by atoms with van der Waals surface area (Å²) in [4.78, 5) is 8.15. The first-order valence-corrected chi connectivity index (χ1v) is 5.29. The van der Waals surface area contributed by atoms with E-state index in [9.17, 15) is 0 Å². The fourth-order valence-corrected chi connectivity index (χ4v) is 1.61. The second kappa shape index (κ2) is 4.83. The Morgan fingerprint density at radius 3 is 2.77 bits per heavy atom. The highest BCUT2D eigenvalue weighted by atomic mass is 79.9. The van der Waals surface area contributed by atoms with Gasteiger partial charge in [-0.15, -0.1) is 0 Å². The first-order valence-electron chi connectivity index (χ1n) is 3.30. The molecule has 13 heavy (non-hydrogen) atoms. The van der Waals surface area contributed by atoms with Gasteiger partial charge in [0.05, 0.1) is 6.20 Å². The van der Waals surface area contributed by atoms with Gasteiger partial charge in [0, 0.05) is 7.05 Å². The maximum Gasteiger partial charge on any atom is 0.171 e. The van der Waals surface area contributed by atoms with Crippen molar-refractivity contribution >= 4 is 55.0 Å². The minimum Gasteiger partial charge on any atom is -0.365 e. The molecular weight excluding hydrogens is 320 g/mol. The summed E-state index contributed by atoms with van der Waals surface area (Å²) in [5.74, 6) is 0.586. The van der Waals surface area contributed by atoms with E-state index in [1.807, 2.05) is 0 Å². The number of halogens is 2. The molecule has 0 radical (unpaired) electrons. The molecule has 0 saturated carbocycles. The molecular formula is C6H6Br2N4S. The normalized spacial score (nSPS) is 9.46. The van der Waals surface area contributed by atoms with Gasteiger partial charge in [0.15, 0.2) is 10.9 Å². The Kier molecular flexibility index (Phi) is 4.01. The van der Waals surface area contributed by atoms with Crippen molar-refractivity contribution in [1.29, 1.82) is 0 Å². The molecule has 1 rings (SSSR count). The van der Waals surface area contributed by atoms with E-state index in [4.69, 9.17) is 12.2 Å². The van der Waals surface area contributed by atoms with Crippen molar-refractivity contribution in [2.75, 3.05) is 12.4 Å². The van der Waals surface area contributed by atoms with Crippen LogP contribution in [0.3, 0.4) is 0 Å². The average molecular weight is 326 g/mol. The van der Waals surface area contributed by atoms with Crippen LogP contribution in [0.25, 0.3) is 0 Å². The standard InChI is InChI=1S/C6H6Br2N4S/c1-9-6(13)12-5-4(8)11-3(7)2-10-5/h2H,1H3,(H2,9,10,12,13). The summed E-state index contributed by atoms with van der Waals surface area (Å²) >= 11 is 11.4. The Bertz CT molecular complexity index is 330. The molecule has 0 saturated heterocycles. The topological polar surface area (TPSA) is 49.8 Å². The summed E-state index contributed by atoms with van der Waals surface area (Å²) in [6, 6.07) is 0. The second-order valence-corrected chi connectivity index (χ2v) is 4.01. The van der Waals surface area contributed by atoms with Crippen molar-refractivity contribution in [3.8, 4) is 0 Å². The molecule has 0 atom stereocenters. The molecule has 2 N–H and O–H groups in total. The zero-order chi connectivity index (χ0) is 9.84. The number of hydrogen-bond donors (Lipinski definition) is 2. The van der Waals surface area contributed by atoms with Gasteiger partial charge in [-0.05, 0) is 44.1 Å². The van der Waals surface area contributed by atoms with E-state index in [1.165, 1.54) is 0 Å². The minimum absolute atomic E-state index is 0.498. The van der Waals surface area contributed by atoms with Crippen LogP contribution in [0.2, 0.25) is 0 Å². The van der Waals surface area contributed by atoms with Gasteiger partial charge in [-0.1, -0.05) is 0 Å². The Morgan fingerprint density at radius 2 is 2.23 bits per heavy atom. The molecule has 0 bridgehead atoms. The molecule has 1 aromatic rings. The van der Waals surface area contributed by atoms with Crippen LogP contribution in [0.4, 0.5) is 5.82 Å².